The van der Waals surface area contributed by atoms with Crippen molar-refractivity contribution in [3.05, 3.63) is 201 Å². The zero-order valence-corrected chi connectivity index (χ0v) is 33.1. The lowest BCUT2D eigenvalue weighted by atomic mass is 9.81. The topological polar surface area (TPSA) is 134 Å². The molecule has 0 bridgehead atoms. The van der Waals surface area contributed by atoms with Gasteiger partial charge >= 0.3 is 0 Å². The largest absolute Gasteiger partial charge is 0.332 e. The Morgan fingerprint density at radius 3 is 1.50 bits per heavy atom. The first-order valence-electron chi connectivity index (χ1n) is 20.1. The van der Waals surface area contributed by atoms with E-state index in [4.69, 9.17) is 15.0 Å². The Hall–Kier alpha value is -7.59. The van der Waals surface area contributed by atoms with E-state index >= 15 is 0 Å². The highest BCUT2D eigenvalue weighted by molar-refractivity contribution is 6.31. The van der Waals surface area contributed by atoms with Crippen molar-refractivity contribution in [2.45, 2.75) is 45.7 Å². The van der Waals surface area contributed by atoms with Crippen LogP contribution in [0.15, 0.2) is 140 Å². The van der Waals surface area contributed by atoms with Gasteiger partial charge in [0.15, 0.2) is 23.1 Å². The zero-order valence-electron chi connectivity index (χ0n) is 33.1. The Bertz CT molecular complexity index is 2800. The summed E-state index contributed by atoms with van der Waals surface area (Å²) in [5, 5.41) is 6.53. The molecule has 294 valence electrons. The highest BCUT2D eigenvalue weighted by Crippen LogP contribution is 2.37. The zero-order chi connectivity index (χ0) is 41.3. The molecule has 2 N–H and O–H groups in total. The van der Waals surface area contributed by atoms with E-state index < -0.39 is 0 Å². The molecule has 0 saturated heterocycles. The summed E-state index contributed by atoms with van der Waals surface area (Å²) in [6, 6.07) is 42.5. The standard InChI is InChI=1S/C50H40N6O4/c1-3-14-30(2)33-25-26-36-39(27-33)45(58)38-22-13-24-41(43(38)47(36)60)52-49-53-48(51-40-23-12-21-37-42(40)46(59)35-20-11-10-19-34(35)44(37)57)54-50(55-49)56(28-31-15-6-4-7-16-31)29-32-17-8-5-9-18-32/h4-13,15-27,30H,3,14,28-29H2,1-2H3,(H2,51,52,53,54,55). The number of anilines is 5. The fourth-order valence-corrected chi connectivity index (χ4v) is 8.14. The molecule has 10 nitrogen and oxygen atoms in total. The van der Waals surface area contributed by atoms with Gasteiger partial charge in [0.05, 0.1) is 22.5 Å². The summed E-state index contributed by atoms with van der Waals surface area (Å²) >= 11 is 0. The lowest BCUT2D eigenvalue weighted by molar-refractivity contribution is 0.0979. The van der Waals surface area contributed by atoms with Gasteiger partial charge in [-0.3, -0.25) is 19.2 Å². The first-order chi connectivity index (χ1) is 29.3. The first kappa shape index (κ1) is 38.0. The lowest BCUT2D eigenvalue weighted by Gasteiger charge is -2.25. The number of carbonyl (C=O) groups is 4. The maximum Gasteiger partial charge on any atom is 0.233 e. The summed E-state index contributed by atoms with van der Waals surface area (Å²) in [6.07, 6.45) is 1.98. The lowest BCUT2D eigenvalue weighted by Crippen LogP contribution is -2.26. The van der Waals surface area contributed by atoms with Crippen LogP contribution in [0, 0.1) is 0 Å². The maximum atomic E-state index is 14.3. The van der Waals surface area contributed by atoms with Gasteiger partial charge < -0.3 is 15.5 Å². The van der Waals surface area contributed by atoms with Crippen LogP contribution < -0.4 is 15.5 Å². The quantitative estimate of drug-likeness (QED) is 0.123. The smallest absolute Gasteiger partial charge is 0.233 e. The van der Waals surface area contributed by atoms with Gasteiger partial charge in [0.2, 0.25) is 17.8 Å². The number of carbonyl (C=O) groups excluding carboxylic acids is 4. The second kappa shape index (κ2) is 16.0. The first-order valence-corrected chi connectivity index (χ1v) is 20.1. The molecule has 0 fully saturated rings. The van der Waals surface area contributed by atoms with Gasteiger partial charge in [0.1, 0.15) is 0 Å². The molecule has 1 atom stereocenters. The second-order valence-corrected chi connectivity index (χ2v) is 15.2. The molecular formula is C50H40N6O4. The average Bonchev–Trinajstić information content (AvgIpc) is 3.27. The molecule has 6 aromatic carbocycles. The fourth-order valence-electron chi connectivity index (χ4n) is 8.14. The average molecular weight is 789 g/mol. The molecule has 0 spiro atoms. The summed E-state index contributed by atoms with van der Waals surface area (Å²) in [4.78, 5) is 72.7. The Kier molecular flexibility index (Phi) is 10.1. The van der Waals surface area contributed by atoms with Crippen molar-refractivity contribution in [1.82, 2.24) is 15.0 Å². The number of aromatic nitrogens is 3. The van der Waals surface area contributed by atoms with Gasteiger partial charge in [-0.15, -0.1) is 0 Å². The van der Waals surface area contributed by atoms with Crippen LogP contribution in [0.1, 0.15) is 113 Å². The van der Waals surface area contributed by atoms with E-state index in [0.717, 1.165) is 29.5 Å². The second-order valence-electron chi connectivity index (χ2n) is 15.2. The van der Waals surface area contributed by atoms with Gasteiger partial charge in [0.25, 0.3) is 0 Å². The normalized spacial score (nSPS) is 13.2. The van der Waals surface area contributed by atoms with Crippen LogP contribution >= 0.6 is 0 Å². The number of fused-ring (bicyclic) bond motifs is 4. The number of ketones is 4. The molecule has 1 aromatic heterocycles. The SMILES string of the molecule is CCCC(C)c1ccc2c(c1)C(=O)c1cccc(Nc3nc(Nc4cccc5c4C(=O)c4ccccc4C5=O)nc(N(Cc4ccccc4)Cc4ccccc4)n3)c1C2=O. The van der Waals surface area contributed by atoms with Gasteiger partial charge in [-0.1, -0.05) is 142 Å². The minimum absolute atomic E-state index is 0.0902. The van der Waals surface area contributed by atoms with E-state index in [9.17, 15) is 19.2 Å². The van der Waals surface area contributed by atoms with Crippen molar-refractivity contribution in [2.75, 3.05) is 15.5 Å². The van der Waals surface area contributed by atoms with E-state index in [-0.39, 0.29) is 57.6 Å². The predicted octanol–water partition coefficient (Wildman–Crippen LogP) is 10.0. The van der Waals surface area contributed by atoms with Crippen LogP contribution in [0.5, 0.6) is 0 Å². The third-order valence-corrected chi connectivity index (χ3v) is 11.1. The molecule has 10 heteroatoms. The fraction of sp³-hybridized carbons (Fsp3) is 0.140. The van der Waals surface area contributed by atoms with Crippen molar-refractivity contribution in [3.63, 3.8) is 0 Å². The molecule has 1 unspecified atom stereocenters. The number of hydrogen-bond acceptors (Lipinski definition) is 10. The summed E-state index contributed by atoms with van der Waals surface area (Å²) in [6.45, 7) is 5.13. The van der Waals surface area contributed by atoms with Crippen LogP contribution in [-0.2, 0) is 13.1 Å². The van der Waals surface area contributed by atoms with E-state index in [2.05, 4.69) is 24.5 Å². The van der Waals surface area contributed by atoms with Gasteiger partial charge in [-0.25, -0.2) is 0 Å². The molecule has 0 saturated carbocycles. The number of hydrogen-bond donors (Lipinski definition) is 2. The molecule has 2 aliphatic carbocycles. The van der Waals surface area contributed by atoms with Crippen LogP contribution in [0.25, 0.3) is 0 Å². The molecule has 1 heterocycles. The minimum atomic E-state index is -0.294. The number of rotatable bonds is 12. The van der Waals surface area contributed by atoms with Gasteiger partial charge in [0, 0.05) is 46.5 Å². The molecule has 9 rings (SSSR count). The summed E-state index contributed by atoms with van der Waals surface area (Å²) < 4.78 is 0. The van der Waals surface area contributed by atoms with Crippen LogP contribution in [-0.4, -0.2) is 38.1 Å². The highest BCUT2D eigenvalue weighted by atomic mass is 16.1. The minimum Gasteiger partial charge on any atom is -0.332 e. The predicted molar refractivity (Wildman–Crippen MR) is 232 cm³/mol. The molecule has 2 aliphatic rings. The van der Waals surface area contributed by atoms with E-state index in [1.165, 1.54) is 0 Å². The maximum absolute atomic E-state index is 14.3. The van der Waals surface area contributed by atoms with E-state index in [1.807, 2.05) is 77.7 Å². The van der Waals surface area contributed by atoms with Crippen LogP contribution in [0.2, 0.25) is 0 Å². The van der Waals surface area contributed by atoms with E-state index in [1.54, 1.807) is 66.7 Å². The Balaban J connectivity index is 1.14. The Morgan fingerprint density at radius 1 is 0.500 bits per heavy atom. The summed E-state index contributed by atoms with van der Waals surface area (Å²) in [7, 11) is 0. The van der Waals surface area contributed by atoms with Crippen molar-refractivity contribution in [3.8, 4) is 0 Å². The summed E-state index contributed by atoms with van der Waals surface area (Å²) in [5.74, 6) is -0.318. The van der Waals surface area contributed by atoms with Crippen molar-refractivity contribution in [2.24, 2.45) is 0 Å². The number of nitrogens with one attached hydrogen (secondary N) is 2. The van der Waals surface area contributed by atoms with Gasteiger partial charge in [-0.2, -0.15) is 15.0 Å². The van der Waals surface area contributed by atoms with Crippen molar-refractivity contribution < 1.29 is 19.2 Å². The third kappa shape index (κ3) is 7.13. The highest BCUT2D eigenvalue weighted by Gasteiger charge is 2.34. The Labute approximate surface area is 347 Å². The molecule has 0 radical (unpaired) electrons. The van der Waals surface area contributed by atoms with Crippen LogP contribution in [0.4, 0.5) is 29.2 Å². The molecular weight excluding hydrogens is 749 g/mol. The van der Waals surface area contributed by atoms with Crippen LogP contribution in [0.3, 0.4) is 0 Å². The summed E-state index contributed by atoms with van der Waals surface area (Å²) in [5.41, 5.74) is 6.20. The van der Waals surface area contributed by atoms with Gasteiger partial charge in [-0.05, 0) is 47.2 Å². The van der Waals surface area contributed by atoms with Crippen molar-refractivity contribution >= 4 is 52.4 Å². The third-order valence-electron chi connectivity index (χ3n) is 11.1. The Morgan fingerprint density at radius 2 is 0.967 bits per heavy atom. The molecule has 60 heavy (non-hydrogen) atoms. The molecule has 0 aliphatic heterocycles. The van der Waals surface area contributed by atoms with E-state index in [0.29, 0.717) is 58.2 Å². The number of benzene rings is 6. The van der Waals surface area contributed by atoms with Crippen molar-refractivity contribution in [1.29, 1.82) is 0 Å². The number of nitrogens with zero attached hydrogens (tertiary/aromatic N) is 4. The monoisotopic (exact) mass is 788 g/mol. The molecule has 7 aromatic rings. The molecule has 0 amide bonds.